The zero-order valence-corrected chi connectivity index (χ0v) is 13.7. The van der Waals surface area contributed by atoms with Crippen molar-refractivity contribution in [2.45, 2.75) is 26.0 Å². The van der Waals surface area contributed by atoms with Crippen LogP contribution in [-0.2, 0) is 16.1 Å². The number of morpholine rings is 1. The van der Waals surface area contributed by atoms with Gasteiger partial charge in [-0.05, 0) is 31.5 Å². The van der Waals surface area contributed by atoms with Crippen LogP contribution in [-0.4, -0.2) is 56.3 Å². The van der Waals surface area contributed by atoms with Gasteiger partial charge in [0.15, 0.2) is 0 Å². The highest BCUT2D eigenvalue weighted by atomic mass is 16.5. The Morgan fingerprint density at radius 1 is 1.27 bits per heavy atom. The van der Waals surface area contributed by atoms with Gasteiger partial charge in [0.05, 0.1) is 19.8 Å². The summed E-state index contributed by atoms with van der Waals surface area (Å²) in [6.07, 6.45) is 0. The molecule has 1 amide bonds. The molecule has 1 heterocycles. The molecule has 122 valence electrons. The summed E-state index contributed by atoms with van der Waals surface area (Å²) in [4.78, 5) is 14.6. The molecule has 1 aromatic rings. The Morgan fingerprint density at radius 3 is 2.50 bits per heavy atom. The zero-order chi connectivity index (χ0) is 16.0. The normalized spacial score (nSPS) is 16.5. The fourth-order valence-electron chi connectivity index (χ4n) is 2.60. The third-order valence-corrected chi connectivity index (χ3v) is 4.08. The van der Waals surface area contributed by atoms with Gasteiger partial charge in [0.25, 0.3) is 5.91 Å². The second kappa shape index (κ2) is 7.72. The number of benzene rings is 1. The average Bonchev–Trinajstić information content (AvgIpc) is 2.54. The van der Waals surface area contributed by atoms with Crippen LogP contribution in [0.1, 0.15) is 29.8 Å². The molecule has 5 heteroatoms. The van der Waals surface area contributed by atoms with Gasteiger partial charge in [-0.1, -0.05) is 12.1 Å². The van der Waals surface area contributed by atoms with Crippen LogP contribution < -0.4 is 5.32 Å². The fourth-order valence-corrected chi connectivity index (χ4v) is 2.60. The lowest BCUT2D eigenvalue weighted by molar-refractivity contribution is -0.00923. The van der Waals surface area contributed by atoms with Crippen molar-refractivity contribution >= 4 is 5.91 Å². The van der Waals surface area contributed by atoms with E-state index in [1.165, 1.54) is 0 Å². The van der Waals surface area contributed by atoms with E-state index < -0.39 is 0 Å². The van der Waals surface area contributed by atoms with E-state index in [9.17, 15) is 4.79 Å². The van der Waals surface area contributed by atoms with Crippen LogP contribution in [0, 0.1) is 0 Å². The number of ether oxygens (including phenoxy) is 2. The third kappa shape index (κ3) is 4.53. The summed E-state index contributed by atoms with van der Waals surface area (Å²) >= 11 is 0. The molecule has 1 aromatic carbocycles. The van der Waals surface area contributed by atoms with E-state index in [4.69, 9.17) is 9.47 Å². The molecule has 5 nitrogen and oxygen atoms in total. The summed E-state index contributed by atoms with van der Waals surface area (Å²) in [5.74, 6) is -0.0368. The number of carbonyl (C=O) groups excluding carboxylic acids is 1. The van der Waals surface area contributed by atoms with Gasteiger partial charge in [0.1, 0.15) is 0 Å². The van der Waals surface area contributed by atoms with Crippen LogP contribution in [0.25, 0.3) is 0 Å². The number of amides is 1. The predicted molar refractivity (Wildman–Crippen MR) is 86.0 cm³/mol. The first-order valence-electron chi connectivity index (χ1n) is 7.72. The van der Waals surface area contributed by atoms with Crippen molar-refractivity contribution < 1.29 is 14.3 Å². The topological polar surface area (TPSA) is 50.8 Å². The molecular formula is C17H26N2O3. The van der Waals surface area contributed by atoms with E-state index in [0.29, 0.717) is 18.7 Å². The van der Waals surface area contributed by atoms with E-state index in [1.807, 2.05) is 24.3 Å². The molecular weight excluding hydrogens is 280 g/mol. The highest BCUT2D eigenvalue weighted by Gasteiger charge is 2.28. The summed E-state index contributed by atoms with van der Waals surface area (Å²) in [5.41, 5.74) is 1.67. The number of rotatable bonds is 6. The number of nitrogens with zero attached hydrogens (tertiary/aromatic N) is 1. The average molecular weight is 306 g/mol. The first-order valence-corrected chi connectivity index (χ1v) is 7.72. The van der Waals surface area contributed by atoms with Crippen molar-refractivity contribution in [2.24, 2.45) is 0 Å². The number of nitrogens with one attached hydrogen (secondary N) is 1. The SMILES string of the molecule is COCc1ccc(C(=O)NCC(C)(C)N2CCOCC2)cc1. The smallest absolute Gasteiger partial charge is 0.251 e. The quantitative estimate of drug-likeness (QED) is 0.869. The highest BCUT2D eigenvalue weighted by molar-refractivity contribution is 5.94. The number of carbonyl (C=O) groups is 1. The Balaban J connectivity index is 1.88. The molecule has 0 radical (unpaired) electrons. The Morgan fingerprint density at radius 2 is 1.91 bits per heavy atom. The van der Waals surface area contributed by atoms with Crippen molar-refractivity contribution in [1.29, 1.82) is 0 Å². The van der Waals surface area contributed by atoms with Gasteiger partial charge >= 0.3 is 0 Å². The van der Waals surface area contributed by atoms with E-state index in [2.05, 4.69) is 24.1 Å². The molecule has 0 saturated carbocycles. The van der Waals surface area contributed by atoms with Crippen molar-refractivity contribution in [3.63, 3.8) is 0 Å². The van der Waals surface area contributed by atoms with E-state index in [1.54, 1.807) is 7.11 Å². The summed E-state index contributed by atoms with van der Waals surface area (Å²) in [6, 6.07) is 7.52. The van der Waals surface area contributed by atoms with Crippen LogP contribution in [0.2, 0.25) is 0 Å². The maximum absolute atomic E-state index is 12.3. The minimum absolute atomic E-state index is 0.0368. The van der Waals surface area contributed by atoms with E-state index in [-0.39, 0.29) is 11.4 Å². The summed E-state index contributed by atoms with van der Waals surface area (Å²) in [7, 11) is 1.66. The molecule has 1 fully saturated rings. The lowest BCUT2D eigenvalue weighted by Crippen LogP contribution is -2.55. The number of methoxy groups -OCH3 is 1. The Kier molecular flexibility index (Phi) is 5.94. The molecule has 1 aliphatic heterocycles. The van der Waals surface area contributed by atoms with Gasteiger partial charge in [-0.15, -0.1) is 0 Å². The van der Waals surface area contributed by atoms with Gasteiger partial charge in [-0.3, -0.25) is 9.69 Å². The maximum atomic E-state index is 12.3. The van der Waals surface area contributed by atoms with Crippen molar-refractivity contribution in [2.75, 3.05) is 40.0 Å². The zero-order valence-electron chi connectivity index (χ0n) is 13.7. The summed E-state index contributed by atoms with van der Waals surface area (Å²) < 4.78 is 10.5. The fraction of sp³-hybridized carbons (Fsp3) is 0.588. The molecule has 0 aromatic heterocycles. The second-order valence-electron chi connectivity index (χ2n) is 6.22. The lowest BCUT2D eigenvalue weighted by atomic mass is 10.0. The van der Waals surface area contributed by atoms with Crippen LogP contribution in [0.5, 0.6) is 0 Å². The predicted octanol–water partition coefficient (Wildman–Crippen LogP) is 1.67. The Hall–Kier alpha value is -1.43. The Labute approximate surface area is 132 Å². The first kappa shape index (κ1) is 16.9. The molecule has 0 aliphatic carbocycles. The molecule has 0 bridgehead atoms. The third-order valence-electron chi connectivity index (χ3n) is 4.08. The van der Waals surface area contributed by atoms with Crippen molar-refractivity contribution in [3.05, 3.63) is 35.4 Å². The monoisotopic (exact) mass is 306 g/mol. The van der Waals surface area contributed by atoms with Gasteiger partial charge in [-0.2, -0.15) is 0 Å². The standard InChI is InChI=1S/C17H26N2O3/c1-17(2,19-8-10-22-11-9-19)13-18-16(20)15-6-4-14(5-7-15)12-21-3/h4-7H,8-13H2,1-3H3,(H,18,20). The molecule has 0 spiro atoms. The molecule has 1 aliphatic rings. The molecule has 0 unspecified atom stereocenters. The van der Waals surface area contributed by atoms with E-state index >= 15 is 0 Å². The van der Waals surface area contributed by atoms with E-state index in [0.717, 1.165) is 31.9 Å². The van der Waals surface area contributed by atoms with Crippen LogP contribution in [0.4, 0.5) is 0 Å². The Bertz CT molecular complexity index is 479. The van der Waals surface area contributed by atoms with Crippen molar-refractivity contribution in [3.8, 4) is 0 Å². The first-order chi connectivity index (χ1) is 10.5. The van der Waals surface area contributed by atoms with Crippen LogP contribution >= 0.6 is 0 Å². The minimum Gasteiger partial charge on any atom is -0.380 e. The van der Waals surface area contributed by atoms with Gasteiger partial charge in [-0.25, -0.2) is 0 Å². The lowest BCUT2D eigenvalue weighted by Gasteiger charge is -2.40. The van der Waals surface area contributed by atoms with Crippen LogP contribution in [0.3, 0.4) is 0 Å². The molecule has 2 rings (SSSR count). The largest absolute Gasteiger partial charge is 0.380 e. The van der Waals surface area contributed by atoms with Gasteiger partial charge in [0.2, 0.25) is 0 Å². The molecule has 1 saturated heterocycles. The highest BCUT2D eigenvalue weighted by Crippen LogP contribution is 2.15. The number of hydrogen-bond acceptors (Lipinski definition) is 4. The number of hydrogen-bond donors (Lipinski definition) is 1. The summed E-state index contributed by atoms with van der Waals surface area (Å²) in [6.45, 7) is 8.83. The summed E-state index contributed by atoms with van der Waals surface area (Å²) in [5, 5.41) is 3.04. The van der Waals surface area contributed by atoms with Crippen molar-refractivity contribution in [1.82, 2.24) is 10.2 Å². The van der Waals surface area contributed by atoms with Gasteiger partial charge in [0, 0.05) is 37.8 Å². The second-order valence-corrected chi connectivity index (χ2v) is 6.22. The molecule has 1 N–H and O–H groups in total. The molecule has 0 atom stereocenters. The minimum atomic E-state index is -0.0740. The van der Waals surface area contributed by atoms with Gasteiger partial charge < -0.3 is 14.8 Å². The molecule has 22 heavy (non-hydrogen) atoms. The maximum Gasteiger partial charge on any atom is 0.251 e. The van der Waals surface area contributed by atoms with Crippen LogP contribution in [0.15, 0.2) is 24.3 Å².